The van der Waals surface area contributed by atoms with Gasteiger partial charge in [0.25, 0.3) is 5.91 Å². The maximum absolute atomic E-state index is 13.0. The average Bonchev–Trinajstić information content (AvgIpc) is 3.22. The summed E-state index contributed by atoms with van der Waals surface area (Å²) < 4.78 is 1.26. The molecule has 0 bridgehead atoms. The van der Waals surface area contributed by atoms with Crippen molar-refractivity contribution in [2.45, 2.75) is 64.0 Å². The maximum atomic E-state index is 13.0. The van der Waals surface area contributed by atoms with Crippen LogP contribution in [-0.2, 0) is 0 Å². The lowest BCUT2D eigenvalue weighted by Gasteiger charge is -2.39. The SMILES string of the molecule is CCC1CCNC2(CC2)C1NC(=O)c1cc2cccc(C(C)C)c2s1. The molecule has 1 spiro atoms. The molecule has 1 saturated heterocycles. The van der Waals surface area contributed by atoms with Gasteiger partial charge in [-0.2, -0.15) is 0 Å². The first kappa shape index (κ1) is 17.0. The molecule has 1 aromatic carbocycles. The van der Waals surface area contributed by atoms with E-state index in [2.05, 4.69) is 55.7 Å². The van der Waals surface area contributed by atoms with Crippen molar-refractivity contribution in [3.63, 3.8) is 0 Å². The van der Waals surface area contributed by atoms with Gasteiger partial charge in [0.1, 0.15) is 0 Å². The Kier molecular flexibility index (Phi) is 4.37. The van der Waals surface area contributed by atoms with Crippen LogP contribution in [0.3, 0.4) is 0 Å². The van der Waals surface area contributed by atoms with E-state index in [4.69, 9.17) is 0 Å². The molecule has 2 N–H and O–H groups in total. The van der Waals surface area contributed by atoms with Crippen molar-refractivity contribution < 1.29 is 4.79 Å². The molecule has 1 saturated carbocycles. The zero-order chi connectivity index (χ0) is 17.6. The number of thiophene rings is 1. The summed E-state index contributed by atoms with van der Waals surface area (Å²) in [4.78, 5) is 13.9. The highest BCUT2D eigenvalue weighted by Gasteiger charge is 2.53. The fourth-order valence-corrected chi connectivity index (χ4v) is 5.64. The molecule has 134 valence electrons. The summed E-state index contributed by atoms with van der Waals surface area (Å²) in [6.45, 7) is 7.76. The molecule has 4 heteroatoms. The summed E-state index contributed by atoms with van der Waals surface area (Å²) in [6, 6.07) is 8.74. The summed E-state index contributed by atoms with van der Waals surface area (Å²) >= 11 is 1.65. The van der Waals surface area contributed by atoms with Gasteiger partial charge < -0.3 is 10.6 Å². The fraction of sp³-hybridized carbons (Fsp3) is 0.571. The molecule has 1 aromatic heterocycles. The molecular formula is C21H28N2OS. The molecule has 2 unspecified atom stereocenters. The van der Waals surface area contributed by atoms with Crippen LogP contribution in [0.25, 0.3) is 10.1 Å². The smallest absolute Gasteiger partial charge is 0.261 e. The number of carbonyl (C=O) groups is 1. The van der Waals surface area contributed by atoms with Crippen molar-refractivity contribution in [1.29, 1.82) is 0 Å². The van der Waals surface area contributed by atoms with Crippen LogP contribution in [0.5, 0.6) is 0 Å². The van der Waals surface area contributed by atoms with E-state index in [1.165, 1.54) is 28.5 Å². The lowest BCUT2D eigenvalue weighted by Crippen LogP contribution is -2.59. The van der Waals surface area contributed by atoms with Crippen molar-refractivity contribution >= 4 is 27.3 Å². The zero-order valence-electron chi connectivity index (χ0n) is 15.4. The number of benzene rings is 1. The molecule has 0 radical (unpaired) electrons. The number of rotatable bonds is 4. The summed E-state index contributed by atoms with van der Waals surface area (Å²) in [5.74, 6) is 1.17. The van der Waals surface area contributed by atoms with Gasteiger partial charge in [0, 0.05) is 10.2 Å². The quantitative estimate of drug-likeness (QED) is 0.835. The molecule has 4 rings (SSSR count). The van der Waals surface area contributed by atoms with Crippen molar-refractivity contribution in [1.82, 2.24) is 10.6 Å². The summed E-state index contributed by atoms with van der Waals surface area (Å²) in [5, 5.41) is 8.28. The number of hydrogen-bond donors (Lipinski definition) is 2. The largest absolute Gasteiger partial charge is 0.346 e. The number of fused-ring (bicyclic) bond motifs is 1. The molecular weight excluding hydrogens is 328 g/mol. The van der Waals surface area contributed by atoms with Crippen molar-refractivity contribution in [3.8, 4) is 0 Å². The second-order valence-electron chi connectivity index (χ2n) is 8.02. The van der Waals surface area contributed by atoms with Gasteiger partial charge in [0.05, 0.1) is 10.9 Å². The van der Waals surface area contributed by atoms with Gasteiger partial charge in [0.2, 0.25) is 0 Å². The first-order valence-electron chi connectivity index (χ1n) is 9.62. The molecule has 1 aliphatic carbocycles. The molecule has 2 fully saturated rings. The van der Waals surface area contributed by atoms with Crippen LogP contribution >= 0.6 is 11.3 Å². The molecule has 1 aliphatic heterocycles. The third kappa shape index (κ3) is 3.00. The van der Waals surface area contributed by atoms with Crippen LogP contribution in [0, 0.1) is 5.92 Å². The standard InChI is InChI=1S/C21H28N2OS/c1-4-14-8-11-22-21(9-10-21)19(14)23-20(24)17-12-15-6-5-7-16(13(2)3)18(15)25-17/h5-7,12-14,19,22H,4,8-11H2,1-3H3,(H,23,24). The van der Waals surface area contributed by atoms with Crippen molar-refractivity contribution in [2.75, 3.05) is 6.54 Å². The Balaban J connectivity index is 1.60. The number of amides is 1. The molecule has 2 aliphatic rings. The van der Waals surface area contributed by atoms with Gasteiger partial charge in [-0.3, -0.25) is 4.79 Å². The predicted molar refractivity (Wildman–Crippen MR) is 106 cm³/mol. The molecule has 2 atom stereocenters. The normalized spacial score (nSPS) is 24.8. The Morgan fingerprint density at radius 2 is 2.20 bits per heavy atom. The third-order valence-electron chi connectivity index (χ3n) is 6.08. The number of piperidine rings is 1. The Morgan fingerprint density at radius 3 is 2.88 bits per heavy atom. The van der Waals surface area contributed by atoms with E-state index >= 15 is 0 Å². The lowest BCUT2D eigenvalue weighted by atomic mass is 9.83. The van der Waals surface area contributed by atoms with Crippen LogP contribution in [0.4, 0.5) is 0 Å². The Bertz CT molecular complexity index is 790. The predicted octanol–water partition coefficient (Wildman–Crippen LogP) is 4.68. The van der Waals surface area contributed by atoms with Crippen molar-refractivity contribution in [3.05, 3.63) is 34.7 Å². The van der Waals surface area contributed by atoms with E-state index in [1.54, 1.807) is 11.3 Å². The van der Waals surface area contributed by atoms with Crippen LogP contribution in [0.2, 0.25) is 0 Å². The molecule has 1 amide bonds. The second kappa shape index (κ2) is 6.40. The van der Waals surface area contributed by atoms with E-state index in [0.717, 1.165) is 24.3 Å². The van der Waals surface area contributed by atoms with E-state index < -0.39 is 0 Å². The Morgan fingerprint density at radius 1 is 1.40 bits per heavy atom. The number of nitrogens with one attached hydrogen (secondary N) is 2. The van der Waals surface area contributed by atoms with Gasteiger partial charge in [0.15, 0.2) is 0 Å². The van der Waals surface area contributed by atoms with Crippen LogP contribution in [0.1, 0.15) is 67.6 Å². The highest BCUT2D eigenvalue weighted by molar-refractivity contribution is 7.21. The first-order valence-corrected chi connectivity index (χ1v) is 10.4. The monoisotopic (exact) mass is 356 g/mol. The minimum atomic E-state index is 0.106. The van der Waals surface area contributed by atoms with Crippen LogP contribution in [-0.4, -0.2) is 24.0 Å². The first-order chi connectivity index (χ1) is 12.0. The minimum Gasteiger partial charge on any atom is -0.346 e. The molecule has 2 heterocycles. The van der Waals surface area contributed by atoms with Gasteiger partial charge in [-0.1, -0.05) is 45.4 Å². The lowest BCUT2D eigenvalue weighted by molar-refractivity contribution is 0.0879. The second-order valence-corrected chi connectivity index (χ2v) is 9.07. The topological polar surface area (TPSA) is 41.1 Å². The Hall–Kier alpha value is -1.39. The van der Waals surface area contributed by atoms with Crippen LogP contribution < -0.4 is 10.6 Å². The molecule has 2 aromatic rings. The minimum absolute atomic E-state index is 0.106. The van der Waals surface area contributed by atoms with Gasteiger partial charge in [-0.15, -0.1) is 11.3 Å². The highest BCUT2D eigenvalue weighted by atomic mass is 32.1. The molecule has 25 heavy (non-hydrogen) atoms. The summed E-state index contributed by atoms with van der Waals surface area (Å²) in [5.41, 5.74) is 1.51. The summed E-state index contributed by atoms with van der Waals surface area (Å²) in [7, 11) is 0. The van der Waals surface area contributed by atoms with E-state index in [-0.39, 0.29) is 17.5 Å². The fourth-order valence-electron chi connectivity index (χ4n) is 4.42. The van der Waals surface area contributed by atoms with Gasteiger partial charge in [-0.25, -0.2) is 0 Å². The number of carbonyl (C=O) groups excluding carboxylic acids is 1. The number of hydrogen-bond acceptors (Lipinski definition) is 3. The zero-order valence-corrected chi connectivity index (χ0v) is 16.2. The van der Waals surface area contributed by atoms with Gasteiger partial charge in [-0.05, 0) is 54.7 Å². The average molecular weight is 357 g/mol. The summed E-state index contributed by atoms with van der Waals surface area (Å²) in [6.07, 6.45) is 4.68. The molecule has 3 nitrogen and oxygen atoms in total. The van der Waals surface area contributed by atoms with E-state index in [9.17, 15) is 4.79 Å². The van der Waals surface area contributed by atoms with Gasteiger partial charge >= 0.3 is 0 Å². The highest BCUT2D eigenvalue weighted by Crippen LogP contribution is 2.45. The maximum Gasteiger partial charge on any atom is 0.261 e. The third-order valence-corrected chi connectivity index (χ3v) is 7.28. The van der Waals surface area contributed by atoms with Crippen molar-refractivity contribution in [2.24, 2.45) is 5.92 Å². The van der Waals surface area contributed by atoms with E-state index in [1.807, 2.05) is 0 Å². The van der Waals surface area contributed by atoms with Crippen LogP contribution in [0.15, 0.2) is 24.3 Å². The van der Waals surface area contributed by atoms with E-state index in [0.29, 0.717) is 11.8 Å². The Labute approximate surface area is 154 Å².